The van der Waals surface area contributed by atoms with E-state index in [9.17, 15) is 9.59 Å². The van der Waals surface area contributed by atoms with Crippen molar-refractivity contribution in [1.29, 1.82) is 0 Å². The number of fused-ring (bicyclic) bond motifs is 5. The lowest BCUT2D eigenvalue weighted by Crippen LogP contribution is -2.25. The van der Waals surface area contributed by atoms with Gasteiger partial charge in [-0.3, -0.25) is 14.5 Å². The summed E-state index contributed by atoms with van der Waals surface area (Å²) < 4.78 is 4.61. The fourth-order valence-electron chi connectivity index (χ4n) is 6.30. The summed E-state index contributed by atoms with van der Waals surface area (Å²) in [5, 5.41) is 2.28. The third-order valence-corrected chi connectivity index (χ3v) is 10.3. The minimum absolute atomic E-state index is 0.281. The Kier molecular flexibility index (Phi) is 5.65. The minimum Gasteiger partial charge on any atom is -0.309 e. The fourth-order valence-corrected chi connectivity index (χ4v) is 7.61. The Morgan fingerprint density at radius 2 is 1.07 bits per heavy atom. The van der Waals surface area contributed by atoms with E-state index in [0.29, 0.717) is 5.57 Å². The summed E-state index contributed by atoms with van der Waals surface area (Å²) in [5.41, 5.74) is 14.5. The van der Waals surface area contributed by atoms with Gasteiger partial charge in [0.25, 0.3) is 11.8 Å². The first-order valence-corrected chi connectivity index (χ1v) is 16.2. The zero-order chi connectivity index (χ0) is 30.2. The number of carbonyl (C=O) groups excluding carboxylic acids is 2. The quantitative estimate of drug-likeness (QED) is 0.185. The van der Waals surface area contributed by atoms with Crippen molar-refractivity contribution < 1.29 is 9.59 Å². The van der Waals surface area contributed by atoms with Crippen LogP contribution in [0.5, 0.6) is 0 Å². The van der Waals surface area contributed by atoms with Crippen LogP contribution in [0.3, 0.4) is 0 Å². The van der Waals surface area contributed by atoms with Crippen LogP contribution in [0.25, 0.3) is 75.8 Å². The van der Waals surface area contributed by atoms with E-state index < -0.39 is 0 Å². The van der Waals surface area contributed by atoms with Crippen LogP contribution in [0.1, 0.15) is 5.56 Å². The Morgan fingerprint density at radius 1 is 0.578 bits per heavy atom. The first-order valence-electron chi connectivity index (χ1n) is 14.4. The SMILES string of the molecule is CN1C(=O)C=C(c2ccc(-n3c4ccc(-c5ccc6scnc6c5)cc4c4cc(-c5ccc6scnc6c5)ccc43)cc2)C1=O. The van der Waals surface area contributed by atoms with Crippen molar-refractivity contribution in [2.75, 3.05) is 7.05 Å². The molecule has 3 aromatic heterocycles. The van der Waals surface area contributed by atoms with E-state index in [-0.39, 0.29) is 11.8 Å². The summed E-state index contributed by atoms with van der Waals surface area (Å²) in [6, 6.07) is 34.0. The van der Waals surface area contributed by atoms with Crippen LogP contribution in [0.15, 0.2) is 114 Å². The van der Waals surface area contributed by atoms with E-state index in [4.69, 9.17) is 0 Å². The first-order chi connectivity index (χ1) is 22.0. The summed E-state index contributed by atoms with van der Waals surface area (Å²) in [6.45, 7) is 0. The molecule has 0 aliphatic carbocycles. The summed E-state index contributed by atoms with van der Waals surface area (Å²) in [4.78, 5) is 34.9. The van der Waals surface area contributed by atoms with Gasteiger partial charge in [0.1, 0.15) is 0 Å². The molecule has 9 rings (SSSR count). The number of benzene rings is 5. The van der Waals surface area contributed by atoms with Crippen molar-refractivity contribution in [3.63, 3.8) is 0 Å². The van der Waals surface area contributed by atoms with Gasteiger partial charge in [-0.05, 0) is 88.5 Å². The van der Waals surface area contributed by atoms with Gasteiger partial charge in [-0.2, -0.15) is 0 Å². The topological polar surface area (TPSA) is 68.1 Å². The molecule has 0 unspecified atom stereocenters. The molecule has 0 saturated carbocycles. The number of aromatic nitrogens is 3. The molecule has 0 radical (unpaired) electrons. The standard InChI is InChI=1S/C37H22N4O2S2/c1-40-36(42)18-27(37(40)43)21-2-8-26(9-3-21)41-32-10-4-22(24-6-12-34-30(16-24)38-19-44-34)14-28(32)29-15-23(5-11-33(29)41)25-7-13-35-31(17-25)39-20-45-35/h2-20H,1H3. The Hall–Kier alpha value is -5.44. The van der Waals surface area contributed by atoms with Crippen LogP contribution >= 0.6 is 22.7 Å². The molecule has 8 heteroatoms. The molecule has 8 aromatic rings. The van der Waals surface area contributed by atoms with Crippen molar-refractivity contribution in [1.82, 2.24) is 19.4 Å². The molecule has 0 atom stereocenters. The van der Waals surface area contributed by atoms with E-state index in [1.807, 2.05) is 35.3 Å². The third kappa shape index (κ3) is 4.07. The maximum atomic E-state index is 12.6. The number of hydrogen-bond donors (Lipinski definition) is 0. The van der Waals surface area contributed by atoms with Crippen LogP contribution in [0, 0.1) is 0 Å². The summed E-state index contributed by atoms with van der Waals surface area (Å²) in [7, 11) is 1.51. The van der Waals surface area contributed by atoms with Crippen LogP contribution < -0.4 is 0 Å². The predicted molar refractivity (Wildman–Crippen MR) is 184 cm³/mol. The van der Waals surface area contributed by atoms with Gasteiger partial charge in [-0.25, -0.2) is 9.97 Å². The number of imide groups is 1. The van der Waals surface area contributed by atoms with Gasteiger partial charge in [0.2, 0.25) is 0 Å². The van der Waals surface area contributed by atoms with E-state index in [1.54, 1.807) is 22.7 Å². The molecule has 0 saturated heterocycles. The predicted octanol–water partition coefficient (Wildman–Crippen LogP) is 8.72. The lowest BCUT2D eigenvalue weighted by atomic mass is 10.00. The first kappa shape index (κ1) is 26.0. The summed E-state index contributed by atoms with van der Waals surface area (Å²) in [6.07, 6.45) is 1.41. The van der Waals surface area contributed by atoms with Crippen LogP contribution in [-0.2, 0) is 9.59 Å². The van der Waals surface area contributed by atoms with Gasteiger partial charge in [0.15, 0.2) is 0 Å². The molecule has 5 aromatic carbocycles. The average molecular weight is 619 g/mol. The highest BCUT2D eigenvalue weighted by Gasteiger charge is 2.28. The van der Waals surface area contributed by atoms with Crippen LogP contribution in [-0.4, -0.2) is 38.3 Å². The number of thiazole rings is 2. The van der Waals surface area contributed by atoms with Gasteiger partial charge in [0, 0.05) is 29.6 Å². The minimum atomic E-state index is -0.295. The van der Waals surface area contributed by atoms with E-state index in [2.05, 4.69) is 87.3 Å². The second-order valence-corrected chi connectivity index (χ2v) is 12.9. The monoisotopic (exact) mass is 618 g/mol. The largest absolute Gasteiger partial charge is 0.309 e. The molecule has 1 aliphatic rings. The highest BCUT2D eigenvalue weighted by molar-refractivity contribution is 7.17. The molecule has 0 N–H and O–H groups in total. The van der Waals surface area contributed by atoms with E-state index in [1.165, 1.54) is 22.5 Å². The maximum Gasteiger partial charge on any atom is 0.261 e. The van der Waals surface area contributed by atoms with E-state index >= 15 is 0 Å². The molecule has 214 valence electrons. The maximum absolute atomic E-state index is 12.6. The van der Waals surface area contributed by atoms with Crippen molar-refractivity contribution >= 4 is 82.3 Å². The average Bonchev–Trinajstić information content (AvgIpc) is 3.86. The Labute approximate surface area is 265 Å². The number of carbonyl (C=O) groups is 2. The fraction of sp³-hybridized carbons (Fsp3) is 0.0270. The van der Waals surface area contributed by atoms with Crippen molar-refractivity contribution in [3.8, 4) is 27.9 Å². The van der Waals surface area contributed by atoms with E-state index in [0.717, 1.165) is 71.2 Å². The number of rotatable bonds is 4. The normalized spacial score (nSPS) is 13.6. The van der Waals surface area contributed by atoms with Gasteiger partial charge < -0.3 is 4.57 Å². The Bertz CT molecular complexity index is 2420. The van der Waals surface area contributed by atoms with Crippen molar-refractivity contribution in [2.45, 2.75) is 0 Å². The third-order valence-electron chi connectivity index (χ3n) is 8.66. The molecule has 4 heterocycles. The molecule has 0 fully saturated rings. The highest BCUT2D eigenvalue weighted by Crippen LogP contribution is 2.38. The van der Waals surface area contributed by atoms with Gasteiger partial charge in [0.05, 0.1) is 48.1 Å². The molecule has 2 amide bonds. The van der Waals surface area contributed by atoms with Crippen LogP contribution in [0.2, 0.25) is 0 Å². The molecule has 0 bridgehead atoms. The second kappa shape index (κ2) is 9.79. The zero-order valence-corrected chi connectivity index (χ0v) is 25.5. The van der Waals surface area contributed by atoms with Crippen molar-refractivity contribution in [2.24, 2.45) is 0 Å². The lowest BCUT2D eigenvalue weighted by Gasteiger charge is -2.11. The molecule has 1 aliphatic heterocycles. The summed E-state index contributed by atoms with van der Waals surface area (Å²) in [5.74, 6) is -0.577. The number of hydrogen-bond acceptors (Lipinski definition) is 6. The molecule has 0 spiro atoms. The van der Waals surface area contributed by atoms with Gasteiger partial charge in [-0.1, -0.05) is 36.4 Å². The Balaban J connectivity index is 1.23. The van der Waals surface area contributed by atoms with Gasteiger partial charge in [-0.15, -0.1) is 22.7 Å². The lowest BCUT2D eigenvalue weighted by molar-refractivity contribution is -0.134. The zero-order valence-electron chi connectivity index (χ0n) is 23.9. The molecule has 45 heavy (non-hydrogen) atoms. The number of likely N-dealkylation sites (N-methyl/N-ethyl adjacent to an activating group) is 1. The second-order valence-electron chi connectivity index (χ2n) is 11.2. The highest BCUT2D eigenvalue weighted by atomic mass is 32.1. The molecule has 6 nitrogen and oxygen atoms in total. The molecular formula is C37H22N4O2S2. The number of amides is 2. The van der Waals surface area contributed by atoms with Gasteiger partial charge >= 0.3 is 0 Å². The molecular weight excluding hydrogens is 597 g/mol. The smallest absolute Gasteiger partial charge is 0.261 e. The van der Waals surface area contributed by atoms with Crippen LogP contribution in [0.4, 0.5) is 0 Å². The number of nitrogens with zero attached hydrogens (tertiary/aromatic N) is 4. The Morgan fingerprint density at radius 3 is 1.58 bits per heavy atom. The summed E-state index contributed by atoms with van der Waals surface area (Å²) >= 11 is 3.29. The van der Waals surface area contributed by atoms with Crippen molar-refractivity contribution in [3.05, 3.63) is 120 Å².